The minimum absolute atomic E-state index is 0.0537. The van der Waals surface area contributed by atoms with Crippen molar-refractivity contribution < 1.29 is 19.4 Å². The molecule has 21 heavy (non-hydrogen) atoms. The molecule has 114 valence electrons. The molecule has 6 heteroatoms. The predicted octanol–water partition coefficient (Wildman–Crippen LogP) is 2.26. The van der Waals surface area contributed by atoms with Crippen LogP contribution < -0.4 is 10.1 Å². The first-order valence-electron chi connectivity index (χ1n) is 6.94. The number of benzene rings is 1. The minimum Gasteiger partial charge on any atom is -0.481 e. The van der Waals surface area contributed by atoms with Gasteiger partial charge in [0.25, 0.3) is 5.91 Å². The Morgan fingerprint density at radius 2 is 2.29 bits per heavy atom. The topological polar surface area (TPSA) is 75.6 Å². The Labute approximate surface area is 128 Å². The highest BCUT2D eigenvalue weighted by molar-refractivity contribution is 6.30. The summed E-state index contributed by atoms with van der Waals surface area (Å²) < 4.78 is 5.58. The smallest absolute Gasteiger partial charge is 0.303 e. The second kappa shape index (κ2) is 6.80. The standard InChI is InChI=1S/C15H18ClNO4/c1-2-9(5-14(18)19)8-17-15(20)13-7-10-6-11(16)3-4-12(10)21-13/h3-4,6,9,13H,2,5,7-8H2,1H3,(H,17,20)(H,18,19). The first-order valence-corrected chi connectivity index (χ1v) is 7.32. The summed E-state index contributed by atoms with van der Waals surface area (Å²) in [6.07, 6.45) is 0.671. The van der Waals surface area contributed by atoms with E-state index in [1.54, 1.807) is 18.2 Å². The van der Waals surface area contributed by atoms with Crippen molar-refractivity contribution in [2.45, 2.75) is 32.3 Å². The van der Waals surface area contributed by atoms with Gasteiger partial charge in [0.2, 0.25) is 0 Å². The number of hydrogen-bond donors (Lipinski definition) is 2. The lowest BCUT2D eigenvalue weighted by molar-refractivity contribution is -0.138. The quantitative estimate of drug-likeness (QED) is 0.845. The third-order valence-corrected chi connectivity index (χ3v) is 3.83. The number of hydrogen-bond acceptors (Lipinski definition) is 3. The maximum atomic E-state index is 12.1. The molecule has 0 radical (unpaired) electrons. The summed E-state index contributed by atoms with van der Waals surface area (Å²) >= 11 is 5.91. The molecule has 0 bridgehead atoms. The zero-order valence-electron chi connectivity index (χ0n) is 11.8. The van der Waals surface area contributed by atoms with Gasteiger partial charge in [-0.1, -0.05) is 24.9 Å². The number of carbonyl (C=O) groups is 2. The number of halogens is 1. The number of aliphatic carboxylic acids is 1. The van der Waals surface area contributed by atoms with Gasteiger partial charge in [0.05, 0.1) is 0 Å². The van der Waals surface area contributed by atoms with E-state index in [-0.39, 0.29) is 18.2 Å². The fraction of sp³-hybridized carbons (Fsp3) is 0.467. The van der Waals surface area contributed by atoms with E-state index in [0.717, 1.165) is 5.56 Å². The molecule has 2 atom stereocenters. The molecule has 1 aromatic carbocycles. The third kappa shape index (κ3) is 4.11. The Bertz CT molecular complexity index is 546. The van der Waals surface area contributed by atoms with E-state index in [2.05, 4.69) is 5.32 Å². The zero-order chi connectivity index (χ0) is 15.4. The van der Waals surface area contributed by atoms with Crippen LogP contribution in [0.15, 0.2) is 18.2 Å². The highest BCUT2D eigenvalue weighted by Gasteiger charge is 2.29. The first-order chi connectivity index (χ1) is 9.99. The van der Waals surface area contributed by atoms with Crippen molar-refractivity contribution in [3.63, 3.8) is 0 Å². The number of amides is 1. The van der Waals surface area contributed by atoms with Gasteiger partial charge in [-0.2, -0.15) is 0 Å². The van der Waals surface area contributed by atoms with Gasteiger partial charge in [-0.25, -0.2) is 0 Å². The lowest BCUT2D eigenvalue weighted by Gasteiger charge is -2.16. The van der Waals surface area contributed by atoms with E-state index in [1.165, 1.54) is 0 Å². The Kier molecular flexibility index (Phi) is 5.07. The van der Waals surface area contributed by atoms with Crippen LogP contribution >= 0.6 is 11.6 Å². The maximum absolute atomic E-state index is 12.1. The van der Waals surface area contributed by atoms with Crippen LogP contribution in [0.5, 0.6) is 5.75 Å². The van der Waals surface area contributed by atoms with Gasteiger partial charge in [0.1, 0.15) is 5.75 Å². The number of fused-ring (bicyclic) bond motifs is 1. The molecule has 1 aromatic rings. The van der Waals surface area contributed by atoms with Crippen LogP contribution in [0.4, 0.5) is 0 Å². The number of carboxylic acid groups (broad SMARTS) is 1. The van der Waals surface area contributed by atoms with Crippen molar-refractivity contribution in [3.8, 4) is 5.75 Å². The number of carboxylic acids is 1. The molecule has 2 unspecified atom stereocenters. The summed E-state index contributed by atoms with van der Waals surface area (Å²) in [4.78, 5) is 22.8. The Morgan fingerprint density at radius 1 is 1.52 bits per heavy atom. The van der Waals surface area contributed by atoms with E-state index in [9.17, 15) is 9.59 Å². The molecule has 0 fully saturated rings. The lowest BCUT2D eigenvalue weighted by Crippen LogP contribution is -2.40. The molecule has 1 aliphatic heterocycles. The van der Waals surface area contributed by atoms with Gasteiger partial charge in [0.15, 0.2) is 6.10 Å². The van der Waals surface area contributed by atoms with Crippen LogP contribution in [0.2, 0.25) is 5.02 Å². The molecular weight excluding hydrogens is 294 g/mol. The summed E-state index contributed by atoms with van der Waals surface area (Å²) in [6, 6.07) is 5.27. The largest absolute Gasteiger partial charge is 0.481 e. The summed E-state index contributed by atoms with van der Waals surface area (Å²) in [5.74, 6) is -0.455. The monoisotopic (exact) mass is 311 g/mol. The normalized spacial score (nSPS) is 17.7. The highest BCUT2D eigenvalue weighted by Crippen LogP contribution is 2.31. The van der Waals surface area contributed by atoms with E-state index in [1.807, 2.05) is 6.92 Å². The van der Waals surface area contributed by atoms with Gasteiger partial charge in [-0.05, 0) is 29.7 Å². The fourth-order valence-corrected chi connectivity index (χ4v) is 2.52. The summed E-state index contributed by atoms with van der Waals surface area (Å²) in [5.41, 5.74) is 0.917. The maximum Gasteiger partial charge on any atom is 0.303 e. The van der Waals surface area contributed by atoms with Crippen molar-refractivity contribution >= 4 is 23.5 Å². The minimum atomic E-state index is -0.852. The van der Waals surface area contributed by atoms with Crippen LogP contribution in [0.3, 0.4) is 0 Å². The SMILES string of the molecule is CCC(CNC(=O)C1Cc2cc(Cl)ccc2O1)CC(=O)O. The molecule has 2 N–H and O–H groups in total. The van der Waals surface area contributed by atoms with Gasteiger partial charge in [-0.3, -0.25) is 9.59 Å². The van der Waals surface area contributed by atoms with Crippen molar-refractivity contribution in [1.29, 1.82) is 0 Å². The molecule has 1 heterocycles. The molecule has 2 rings (SSSR count). The summed E-state index contributed by atoms with van der Waals surface area (Å²) in [7, 11) is 0. The second-order valence-corrected chi connectivity index (χ2v) is 5.62. The van der Waals surface area contributed by atoms with Crippen LogP contribution in [0.25, 0.3) is 0 Å². The molecule has 0 saturated carbocycles. The first kappa shape index (κ1) is 15.6. The van der Waals surface area contributed by atoms with Crippen LogP contribution in [0, 0.1) is 5.92 Å². The number of ether oxygens (including phenoxy) is 1. The van der Waals surface area contributed by atoms with Crippen LogP contribution in [0.1, 0.15) is 25.3 Å². The average molecular weight is 312 g/mol. The molecule has 5 nitrogen and oxygen atoms in total. The van der Waals surface area contributed by atoms with E-state index in [0.29, 0.717) is 30.2 Å². The number of nitrogens with one attached hydrogen (secondary N) is 1. The van der Waals surface area contributed by atoms with Gasteiger partial charge < -0.3 is 15.2 Å². The van der Waals surface area contributed by atoms with Crippen LogP contribution in [-0.2, 0) is 16.0 Å². The van der Waals surface area contributed by atoms with Crippen LogP contribution in [-0.4, -0.2) is 29.6 Å². The van der Waals surface area contributed by atoms with Gasteiger partial charge in [0, 0.05) is 24.4 Å². The van der Waals surface area contributed by atoms with Gasteiger partial charge in [-0.15, -0.1) is 0 Å². The Morgan fingerprint density at radius 3 is 2.95 bits per heavy atom. The number of carbonyl (C=O) groups excluding carboxylic acids is 1. The molecule has 0 aromatic heterocycles. The van der Waals surface area contributed by atoms with E-state index >= 15 is 0 Å². The second-order valence-electron chi connectivity index (χ2n) is 5.18. The molecule has 0 aliphatic carbocycles. The number of rotatable bonds is 6. The van der Waals surface area contributed by atoms with E-state index < -0.39 is 12.1 Å². The molecule has 1 amide bonds. The fourth-order valence-electron chi connectivity index (χ4n) is 2.33. The third-order valence-electron chi connectivity index (χ3n) is 3.60. The van der Waals surface area contributed by atoms with Crippen molar-refractivity contribution in [2.24, 2.45) is 5.92 Å². The van der Waals surface area contributed by atoms with Gasteiger partial charge >= 0.3 is 5.97 Å². The van der Waals surface area contributed by atoms with Crippen molar-refractivity contribution in [1.82, 2.24) is 5.32 Å². The highest BCUT2D eigenvalue weighted by atomic mass is 35.5. The molecular formula is C15H18ClNO4. The predicted molar refractivity (Wildman–Crippen MR) is 78.6 cm³/mol. The summed E-state index contributed by atoms with van der Waals surface area (Å²) in [6.45, 7) is 2.25. The van der Waals surface area contributed by atoms with Crippen molar-refractivity contribution in [2.75, 3.05) is 6.54 Å². The summed E-state index contributed by atoms with van der Waals surface area (Å²) in [5, 5.41) is 12.2. The molecule has 0 saturated heterocycles. The lowest BCUT2D eigenvalue weighted by atomic mass is 10.0. The Hall–Kier alpha value is -1.75. The Balaban J connectivity index is 1.87. The average Bonchev–Trinajstić information content (AvgIpc) is 2.85. The van der Waals surface area contributed by atoms with Crippen molar-refractivity contribution in [3.05, 3.63) is 28.8 Å². The van der Waals surface area contributed by atoms with E-state index in [4.69, 9.17) is 21.4 Å². The zero-order valence-corrected chi connectivity index (χ0v) is 12.5. The molecule has 1 aliphatic rings. The molecule has 0 spiro atoms.